The van der Waals surface area contributed by atoms with Crippen LogP contribution in [0, 0.1) is 10.8 Å². The van der Waals surface area contributed by atoms with Crippen molar-refractivity contribution >= 4 is 0 Å². The Hall–Kier alpha value is -1.63. The summed E-state index contributed by atoms with van der Waals surface area (Å²) < 4.78 is 13.6. The van der Waals surface area contributed by atoms with Crippen LogP contribution in [0.2, 0.25) is 0 Å². The van der Waals surface area contributed by atoms with Gasteiger partial charge in [0.15, 0.2) is 0 Å². The lowest BCUT2D eigenvalue weighted by Gasteiger charge is -2.18. The van der Waals surface area contributed by atoms with Crippen LogP contribution >= 0.6 is 0 Å². The van der Waals surface area contributed by atoms with E-state index in [0.29, 0.717) is 0 Å². The van der Waals surface area contributed by atoms with Crippen molar-refractivity contribution in [1.82, 2.24) is 0 Å². The summed E-state index contributed by atoms with van der Waals surface area (Å²) in [5.41, 5.74) is 1.95. The van der Waals surface area contributed by atoms with E-state index < -0.39 is 0 Å². The Morgan fingerprint density at radius 2 is 1.17 bits per heavy atom. The van der Waals surface area contributed by atoms with Crippen LogP contribution in [0.5, 0.6) is 0 Å². The molecule has 1 heteroatoms. The van der Waals surface area contributed by atoms with E-state index in [1.54, 1.807) is 12.2 Å². The summed E-state index contributed by atoms with van der Waals surface area (Å²) in [6.07, 6.45) is 17.8. The summed E-state index contributed by atoms with van der Waals surface area (Å²) in [6, 6.07) is 0. The normalized spacial score (nSPS) is 20.5. The van der Waals surface area contributed by atoms with Gasteiger partial charge in [0.1, 0.15) is 5.83 Å². The first kappa shape index (κ1) is 21.4. The number of allylic oxidation sites excluding steroid dienone is 12. The summed E-state index contributed by atoms with van der Waals surface area (Å²) in [5, 5.41) is 0. The highest BCUT2D eigenvalue weighted by molar-refractivity contribution is 5.52. The minimum Gasteiger partial charge on any atom is -0.207 e. The molecule has 0 atom stereocenters. The third-order valence-corrected chi connectivity index (χ3v) is 3.23. The molecular formula is C22H33F. The molecule has 0 aliphatic heterocycles. The summed E-state index contributed by atoms with van der Waals surface area (Å²) in [6.45, 7) is 16.4. The fourth-order valence-corrected chi connectivity index (χ4v) is 2.38. The van der Waals surface area contributed by atoms with Gasteiger partial charge in [-0.15, -0.1) is 0 Å². The molecule has 23 heavy (non-hydrogen) atoms. The molecule has 128 valence electrons. The fraction of sp³-hybridized carbons (Fsp3) is 0.455. The standard InChI is InChI=1S/C18H21F.2C2H6/c1-17(2)10-6-5-7-14(11-17)15-8-9-16(19)13-18(3,4)12-15;2*1-2/h5-13H,1-4H3;2*1-2H3. The van der Waals surface area contributed by atoms with Crippen molar-refractivity contribution < 1.29 is 4.39 Å². The van der Waals surface area contributed by atoms with Crippen molar-refractivity contribution in [2.45, 2.75) is 55.4 Å². The molecule has 0 heterocycles. The SMILES string of the molecule is CC.CC.CC1(C)C=CC=CC(C2=CC(C)(C)C=C(F)C=C2)=C1. The Balaban J connectivity index is 0.00000112. The second kappa shape index (κ2) is 9.50. The third-order valence-electron chi connectivity index (χ3n) is 3.23. The molecular weight excluding hydrogens is 283 g/mol. The monoisotopic (exact) mass is 316 g/mol. The predicted molar refractivity (Wildman–Crippen MR) is 103 cm³/mol. The van der Waals surface area contributed by atoms with Crippen LogP contribution in [-0.4, -0.2) is 0 Å². The molecule has 0 radical (unpaired) electrons. The first-order chi connectivity index (χ1) is 10.8. The van der Waals surface area contributed by atoms with E-state index in [1.165, 1.54) is 0 Å². The molecule has 0 amide bonds. The second-order valence-corrected chi connectivity index (χ2v) is 6.42. The van der Waals surface area contributed by atoms with Gasteiger partial charge in [-0.2, -0.15) is 0 Å². The summed E-state index contributed by atoms with van der Waals surface area (Å²) in [4.78, 5) is 0. The Bertz CT molecular complexity index is 547. The van der Waals surface area contributed by atoms with Crippen LogP contribution in [0.15, 0.2) is 71.7 Å². The highest BCUT2D eigenvalue weighted by atomic mass is 19.1. The Kier molecular flexibility index (Phi) is 8.82. The maximum absolute atomic E-state index is 13.6. The van der Waals surface area contributed by atoms with Crippen LogP contribution in [0.25, 0.3) is 0 Å². The van der Waals surface area contributed by atoms with Crippen molar-refractivity contribution in [2.75, 3.05) is 0 Å². The van der Waals surface area contributed by atoms with E-state index in [9.17, 15) is 4.39 Å². The molecule has 0 aromatic heterocycles. The number of halogens is 1. The van der Waals surface area contributed by atoms with Gasteiger partial charge in [0.2, 0.25) is 0 Å². The molecule has 0 aromatic carbocycles. The van der Waals surface area contributed by atoms with Gasteiger partial charge in [-0.05, 0) is 23.3 Å². The molecule has 2 rings (SSSR count). The zero-order valence-corrected chi connectivity index (χ0v) is 16.1. The van der Waals surface area contributed by atoms with Crippen molar-refractivity contribution in [2.24, 2.45) is 10.8 Å². The number of rotatable bonds is 1. The maximum atomic E-state index is 13.6. The van der Waals surface area contributed by atoms with E-state index in [0.717, 1.165) is 11.1 Å². The van der Waals surface area contributed by atoms with Crippen molar-refractivity contribution in [3.05, 3.63) is 71.7 Å². The summed E-state index contributed by atoms with van der Waals surface area (Å²) in [7, 11) is 0. The quantitative estimate of drug-likeness (QED) is 0.470. The van der Waals surface area contributed by atoms with Crippen LogP contribution < -0.4 is 0 Å². The molecule has 0 spiro atoms. The van der Waals surface area contributed by atoms with E-state index in [4.69, 9.17) is 0 Å². The summed E-state index contributed by atoms with van der Waals surface area (Å²) in [5.74, 6) is -0.174. The van der Waals surface area contributed by atoms with E-state index >= 15 is 0 Å². The Morgan fingerprint density at radius 1 is 0.652 bits per heavy atom. The maximum Gasteiger partial charge on any atom is 0.120 e. The lowest BCUT2D eigenvalue weighted by Crippen LogP contribution is -2.06. The minimum atomic E-state index is -0.276. The molecule has 2 aliphatic rings. The summed E-state index contributed by atoms with van der Waals surface area (Å²) >= 11 is 0. The molecule has 0 N–H and O–H groups in total. The Morgan fingerprint density at radius 3 is 1.78 bits per heavy atom. The van der Waals surface area contributed by atoms with E-state index in [-0.39, 0.29) is 16.7 Å². The first-order valence-electron chi connectivity index (χ1n) is 8.66. The van der Waals surface area contributed by atoms with Crippen LogP contribution in [-0.2, 0) is 0 Å². The molecule has 0 nitrogen and oxygen atoms in total. The number of hydrogen-bond acceptors (Lipinski definition) is 0. The Labute approximate surface area is 142 Å². The molecule has 0 aromatic rings. The highest BCUT2D eigenvalue weighted by Gasteiger charge is 2.19. The van der Waals surface area contributed by atoms with Crippen LogP contribution in [0.3, 0.4) is 0 Å². The lowest BCUT2D eigenvalue weighted by molar-refractivity contribution is 0.580. The molecule has 0 fully saturated rings. The average molecular weight is 317 g/mol. The highest BCUT2D eigenvalue weighted by Crippen LogP contribution is 2.33. The van der Waals surface area contributed by atoms with Crippen molar-refractivity contribution in [3.63, 3.8) is 0 Å². The van der Waals surface area contributed by atoms with Gasteiger partial charge in [0.25, 0.3) is 0 Å². The number of hydrogen-bond donors (Lipinski definition) is 0. The van der Waals surface area contributed by atoms with Crippen LogP contribution in [0.1, 0.15) is 55.4 Å². The molecule has 2 aliphatic carbocycles. The second-order valence-electron chi connectivity index (χ2n) is 6.42. The van der Waals surface area contributed by atoms with Gasteiger partial charge in [0.05, 0.1) is 0 Å². The minimum absolute atomic E-state index is 0.00985. The molecule has 0 saturated heterocycles. The molecule has 0 bridgehead atoms. The fourth-order valence-electron chi connectivity index (χ4n) is 2.38. The van der Waals surface area contributed by atoms with Gasteiger partial charge in [-0.1, -0.05) is 97.9 Å². The van der Waals surface area contributed by atoms with Gasteiger partial charge >= 0.3 is 0 Å². The van der Waals surface area contributed by atoms with Gasteiger partial charge in [0, 0.05) is 10.8 Å². The van der Waals surface area contributed by atoms with Gasteiger partial charge < -0.3 is 0 Å². The van der Waals surface area contributed by atoms with Gasteiger partial charge in [-0.25, -0.2) is 4.39 Å². The zero-order chi connectivity index (χ0) is 18.1. The topological polar surface area (TPSA) is 0 Å². The lowest BCUT2D eigenvalue weighted by atomic mass is 9.86. The van der Waals surface area contributed by atoms with Crippen LogP contribution in [0.4, 0.5) is 4.39 Å². The zero-order valence-electron chi connectivity index (χ0n) is 16.1. The van der Waals surface area contributed by atoms with Crippen molar-refractivity contribution in [3.8, 4) is 0 Å². The molecule has 0 saturated carbocycles. The molecule has 0 unspecified atom stereocenters. The predicted octanol–water partition coefficient (Wildman–Crippen LogP) is 7.49. The van der Waals surface area contributed by atoms with E-state index in [1.807, 2.05) is 53.7 Å². The van der Waals surface area contributed by atoms with Crippen molar-refractivity contribution in [1.29, 1.82) is 0 Å². The van der Waals surface area contributed by atoms with E-state index in [2.05, 4.69) is 44.2 Å². The average Bonchev–Trinajstić information content (AvgIpc) is 2.75. The smallest absolute Gasteiger partial charge is 0.120 e. The van der Waals surface area contributed by atoms with Gasteiger partial charge in [-0.3, -0.25) is 0 Å². The third kappa shape index (κ3) is 7.45. The first-order valence-corrected chi connectivity index (χ1v) is 8.66. The largest absolute Gasteiger partial charge is 0.207 e.